The minimum absolute atomic E-state index is 0.0497. The predicted molar refractivity (Wildman–Crippen MR) is 107 cm³/mol. The van der Waals surface area contributed by atoms with Gasteiger partial charge in [0.2, 0.25) is 0 Å². The molecule has 138 valence electrons. The standard InChI is InChI=1S/C20H24N2O3S/c1-12(2)15-7-6-8-16(13(3)4)19(15)21-20(23)14-9-10-18(26-5)17(11-14)22(24)25/h6-13H,1-5H3,(H,21,23). The molecule has 0 spiro atoms. The molecule has 0 radical (unpaired) electrons. The zero-order chi connectivity index (χ0) is 19.4. The molecule has 6 heteroatoms. The molecule has 2 aromatic carbocycles. The maximum atomic E-state index is 12.8. The van der Waals surface area contributed by atoms with Crippen LogP contribution < -0.4 is 5.32 Å². The first-order valence-corrected chi connectivity index (χ1v) is 9.75. The van der Waals surface area contributed by atoms with Gasteiger partial charge in [-0.25, -0.2) is 0 Å². The summed E-state index contributed by atoms with van der Waals surface area (Å²) in [6.07, 6.45) is 1.77. The molecule has 1 N–H and O–H groups in total. The van der Waals surface area contributed by atoms with Crippen molar-refractivity contribution >= 4 is 29.0 Å². The second-order valence-corrected chi connectivity index (χ2v) is 7.57. The number of nitro groups is 1. The topological polar surface area (TPSA) is 72.2 Å². The molecular formula is C20H24N2O3S. The van der Waals surface area contributed by atoms with Crippen LogP contribution in [0.2, 0.25) is 0 Å². The van der Waals surface area contributed by atoms with E-state index >= 15 is 0 Å². The van der Waals surface area contributed by atoms with E-state index < -0.39 is 4.92 Å². The molecule has 0 saturated heterocycles. The normalized spacial score (nSPS) is 11.0. The minimum atomic E-state index is -0.454. The van der Waals surface area contributed by atoms with Gasteiger partial charge >= 0.3 is 0 Å². The van der Waals surface area contributed by atoms with E-state index in [1.54, 1.807) is 18.4 Å². The van der Waals surface area contributed by atoms with Crippen molar-refractivity contribution in [3.63, 3.8) is 0 Å². The second-order valence-electron chi connectivity index (χ2n) is 6.72. The molecule has 5 nitrogen and oxygen atoms in total. The first kappa shape index (κ1) is 20.0. The lowest BCUT2D eigenvalue weighted by molar-refractivity contribution is -0.387. The summed E-state index contributed by atoms with van der Waals surface area (Å²) >= 11 is 1.29. The SMILES string of the molecule is CSc1ccc(C(=O)Nc2c(C(C)C)cccc2C(C)C)cc1[N+](=O)[O-]. The number of carbonyl (C=O) groups excluding carboxylic acids is 1. The third-order valence-corrected chi connectivity index (χ3v) is 5.03. The number of thioether (sulfide) groups is 1. The van der Waals surface area contributed by atoms with Crippen molar-refractivity contribution in [1.82, 2.24) is 0 Å². The summed E-state index contributed by atoms with van der Waals surface area (Å²) in [6, 6.07) is 10.6. The number of nitro benzene ring substituents is 1. The van der Waals surface area contributed by atoms with Gasteiger partial charge in [-0.05, 0) is 41.4 Å². The smallest absolute Gasteiger partial charge is 0.283 e. The van der Waals surface area contributed by atoms with Gasteiger partial charge in [-0.2, -0.15) is 0 Å². The van der Waals surface area contributed by atoms with Crippen LogP contribution in [-0.2, 0) is 0 Å². The summed E-state index contributed by atoms with van der Waals surface area (Å²) in [7, 11) is 0. The van der Waals surface area contributed by atoms with Gasteiger partial charge in [0, 0.05) is 17.3 Å². The quantitative estimate of drug-likeness (QED) is 0.394. The molecular weight excluding hydrogens is 348 g/mol. The van der Waals surface area contributed by atoms with Crippen LogP contribution in [0.1, 0.15) is 61.0 Å². The zero-order valence-electron chi connectivity index (χ0n) is 15.7. The molecule has 0 bridgehead atoms. The van der Waals surface area contributed by atoms with Crippen molar-refractivity contribution in [3.05, 3.63) is 63.2 Å². The summed E-state index contributed by atoms with van der Waals surface area (Å²) in [5.74, 6) is 0.158. The zero-order valence-corrected chi connectivity index (χ0v) is 16.5. The van der Waals surface area contributed by atoms with Crippen molar-refractivity contribution < 1.29 is 9.72 Å². The molecule has 0 unspecified atom stereocenters. The Morgan fingerprint density at radius 3 is 2.12 bits per heavy atom. The number of benzene rings is 2. The highest BCUT2D eigenvalue weighted by molar-refractivity contribution is 7.98. The molecule has 0 aromatic heterocycles. The number of nitrogens with zero attached hydrogens (tertiary/aromatic N) is 1. The Kier molecular flexibility index (Phi) is 6.42. The molecule has 0 heterocycles. The predicted octanol–water partition coefficient (Wildman–Crippen LogP) is 5.82. The number of nitrogens with one attached hydrogen (secondary N) is 1. The van der Waals surface area contributed by atoms with E-state index in [0.717, 1.165) is 16.8 Å². The Balaban J connectivity index is 2.45. The lowest BCUT2D eigenvalue weighted by atomic mass is 9.92. The fourth-order valence-electron chi connectivity index (χ4n) is 2.85. The van der Waals surface area contributed by atoms with E-state index in [1.165, 1.54) is 17.8 Å². The summed E-state index contributed by atoms with van der Waals surface area (Å²) in [5.41, 5.74) is 3.15. The van der Waals surface area contributed by atoms with Crippen LogP contribution >= 0.6 is 11.8 Å². The number of anilines is 1. The van der Waals surface area contributed by atoms with Crippen molar-refractivity contribution in [1.29, 1.82) is 0 Å². The van der Waals surface area contributed by atoms with E-state index in [4.69, 9.17) is 0 Å². The van der Waals surface area contributed by atoms with Crippen LogP contribution in [0, 0.1) is 10.1 Å². The minimum Gasteiger partial charge on any atom is -0.321 e. The molecule has 26 heavy (non-hydrogen) atoms. The Morgan fingerprint density at radius 1 is 1.08 bits per heavy atom. The maximum absolute atomic E-state index is 12.8. The molecule has 2 rings (SSSR count). The van der Waals surface area contributed by atoms with Gasteiger partial charge in [0.15, 0.2) is 0 Å². The number of carbonyl (C=O) groups is 1. The first-order valence-electron chi connectivity index (χ1n) is 8.52. The lowest BCUT2D eigenvalue weighted by Crippen LogP contribution is -2.16. The van der Waals surface area contributed by atoms with Gasteiger partial charge in [-0.15, -0.1) is 11.8 Å². The Morgan fingerprint density at radius 2 is 1.65 bits per heavy atom. The number of rotatable bonds is 6. The van der Waals surface area contributed by atoms with E-state index in [-0.39, 0.29) is 29.0 Å². The third kappa shape index (κ3) is 4.25. The van der Waals surface area contributed by atoms with Crippen LogP contribution in [0.5, 0.6) is 0 Å². The number of para-hydroxylation sites is 1. The van der Waals surface area contributed by atoms with Gasteiger partial charge in [0.25, 0.3) is 11.6 Å². The van der Waals surface area contributed by atoms with E-state index in [2.05, 4.69) is 33.0 Å². The first-order chi connectivity index (χ1) is 12.3. The molecule has 0 saturated carbocycles. The van der Waals surface area contributed by atoms with Crippen molar-refractivity contribution in [2.24, 2.45) is 0 Å². The average molecular weight is 372 g/mol. The highest BCUT2D eigenvalue weighted by Gasteiger charge is 2.20. The lowest BCUT2D eigenvalue weighted by Gasteiger charge is -2.20. The summed E-state index contributed by atoms with van der Waals surface area (Å²) in [5, 5.41) is 14.3. The monoisotopic (exact) mass is 372 g/mol. The van der Waals surface area contributed by atoms with Gasteiger partial charge < -0.3 is 5.32 Å². The molecule has 0 aliphatic carbocycles. The van der Waals surface area contributed by atoms with Crippen LogP contribution in [0.25, 0.3) is 0 Å². The molecule has 2 aromatic rings. The highest BCUT2D eigenvalue weighted by atomic mass is 32.2. The van der Waals surface area contributed by atoms with Crippen LogP contribution in [0.4, 0.5) is 11.4 Å². The van der Waals surface area contributed by atoms with Gasteiger partial charge in [-0.3, -0.25) is 14.9 Å². The van der Waals surface area contributed by atoms with Crippen molar-refractivity contribution in [3.8, 4) is 0 Å². The largest absolute Gasteiger partial charge is 0.321 e. The fourth-order valence-corrected chi connectivity index (χ4v) is 3.40. The number of hydrogen-bond acceptors (Lipinski definition) is 4. The molecule has 0 atom stereocenters. The summed E-state index contributed by atoms with van der Waals surface area (Å²) < 4.78 is 0. The van der Waals surface area contributed by atoms with Crippen molar-refractivity contribution in [2.45, 2.75) is 44.4 Å². The molecule has 0 fully saturated rings. The summed E-state index contributed by atoms with van der Waals surface area (Å²) in [4.78, 5) is 24.1. The Hall–Kier alpha value is -2.34. The van der Waals surface area contributed by atoms with E-state index in [9.17, 15) is 14.9 Å². The van der Waals surface area contributed by atoms with Crippen molar-refractivity contribution in [2.75, 3.05) is 11.6 Å². The summed E-state index contributed by atoms with van der Waals surface area (Å²) in [6.45, 7) is 8.31. The van der Waals surface area contributed by atoms with Crippen LogP contribution in [-0.4, -0.2) is 17.1 Å². The van der Waals surface area contributed by atoms with Crippen LogP contribution in [0.3, 0.4) is 0 Å². The average Bonchev–Trinajstić information content (AvgIpc) is 2.60. The van der Waals surface area contributed by atoms with E-state index in [0.29, 0.717) is 4.90 Å². The van der Waals surface area contributed by atoms with Gasteiger partial charge in [0.05, 0.1) is 9.82 Å². The highest BCUT2D eigenvalue weighted by Crippen LogP contribution is 2.33. The number of hydrogen-bond donors (Lipinski definition) is 1. The third-order valence-electron chi connectivity index (χ3n) is 4.25. The molecule has 0 aliphatic rings. The van der Waals surface area contributed by atoms with Gasteiger partial charge in [0.1, 0.15) is 0 Å². The maximum Gasteiger partial charge on any atom is 0.283 e. The molecule has 1 amide bonds. The Labute approximate surface area is 158 Å². The Bertz CT molecular complexity index is 806. The second kappa shape index (κ2) is 8.36. The molecule has 0 aliphatic heterocycles. The van der Waals surface area contributed by atoms with E-state index in [1.807, 2.05) is 18.2 Å². The fraction of sp³-hybridized carbons (Fsp3) is 0.350. The van der Waals surface area contributed by atoms with Gasteiger partial charge in [-0.1, -0.05) is 45.9 Å². The van der Waals surface area contributed by atoms with Crippen LogP contribution in [0.15, 0.2) is 41.3 Å². The number of amides is 1.